The average molecular weight is 324 g/mol. The fourth-order valence-electron chi connectivity index (χ4n) is 2.75. The highest BCUT2D eigenvalue weighted by molar-refractivity contribution is 5.92. The van der Waals surface area contributed by atoms with Gasteiger partial charge in [-0.3, -0.25) is 4.79 Å². The van der Waals surface area contributed by atoms with E-state index in [9.17, 15) is 4.79 Å². The van der Waals surface area contributed by atoms with Gasteiger partial charge in [0.1, 0.15) is 0 Å². The van der Waals surface area contributed by atoms with Crippen LogP contribution in [0, 0.1) is 0 Å². The summed E-state index contributed by atoms with van der Waals surface area (Å²) < 4.78 is 16.1. The molecule has 2 aromatic heterocycles. The molecule has 0 aliphatic carbocycles. The molecule has 0 bridgehead atoms. The van der Waals surface area contributed by atoms with Crippen LogP contribution in [0.15, 0.2) is 57.7 Å². The van der Waals surface area contributed by atoms with Crippen LogP contribution in [0.3, 0.4) is 0 Å². The molecule has 1 amide bonds. The van der Waals surface area contributed by atoms with Gasteiger partial charge in [-0.2, -0.15) is 0 Å². The lowest BCUT2D eigenvalue weighted by molar-refractivity contribution is 0.0284. The summed E-state index contributed by atoms with van der Waals surface area (Å²) in [5.74, 6) is 0.667. The summed E-state index contributed by atoms with van der Waals surface area (Å²) in [4.78, 5) is 12.2. The summed E-state index contributed by atoms with van der Waals surface area (Å²) in [6.07, 6.45) is 2.28. The van der Waals surface area contributed by atoms with Gasteiger partial charge in [-0.15, -0.1) is 0 Å². The van der Waals surface area contributed by atoms with Crippen molar-refractivity contribution in [2.24, 2.45) is 0 Å². The molecule has 6 heteroatoms. The molecule has 122 valence electrons. The smallest absolute Gasteiger partial charge is 0.273 e. The fourth-order valence-corrected chi connectivity index (χ4v) is 2.75. The first-order valence-electron chi connectivity index (χ1n) is 7.77. The third-order valence-electron chi connectivity index (χ3n) is 4.04. The SMILES string of the molecule is O=C(NCC1Cc2ccccc2CO1)c1cc(-c2ccco2)on1. The number of rotatable bonds is 4. The van der Waals surface area contributed by atoms with Crippen molar-refractivity contribution in [1.29, 1.82) is 0 Å². The maximum absolute atomic E-state index is 12.2. The van der Waals surface area contributed by atoms with Gasteiger partial charge < -0.3 is 19.0 Å². The number of nitrogens with one attached hydrogen (secondary N) is 1. The Morgan fingerprint density at radius 1 is 1.17 bits per heavy atom. The van der Waals surface area contributed by atoms with E-state index >= 15 is 0 Å². The molecule has 1 aliphatic rings. The van der Waals surface area contributed by atoms with E-state index in [2.05, 4.69) is 22.6 Å². The maximum atomic E-state index is 12.2. The molecule has 0 saturated carbocycles. The number of nitrogens with zero attached hydrogens (tertiary/aromatic N) is 1. The largest absolute Gasteiger partial charge is 0.461 e. The second-order valence-corrected chi connectivity index (χ2v) is 5.67. The summed E-state index contributed by atoms with van der Waals surface area (Å²) in [6, 6.07) is 13.2. The van der Waals surface area contributed by atoms with Crippen molar-refractivity contribution in [3.63, 3.8) is 0 Å². The van der Waals surface area contributed by atoms with Gasteiger partial charge in [-0.05, 0) is 23.3 Å². The lowest BCUT2D eigenvalue weighted by atomic mass is 9.99. The van der Waals surface area contributed by atoms with Crippen LogP contribution in [-0.2, 0) is 17.8 Å². The third kappa shape index (κ3) is 2.96. The summed E-state index contributed by atoms with van der Waals surface area (Å²) in [5.41, 5.74) is 2.70. The molecule has 3 aromatic rings. The van der Waals surface area contributed by atoms with E-state index < -0.39 is 0 Å². The lowest BCUT2D eigenvalue weighted by Crippen LogP contribution is -2.36. The van der Waals surface area contributed by atoms with E-state index in [1.807, 2.05) is 12.1 Å². The second kappa shape index (κ2) is 6.33. The van der Waals surface area contributed by atoms with Crippen LogP contribution in [0.4, 0.5) is 0 Å². The minimum absolute atomic E-state index is 0.0414. The summed E-state index contributed by atoms with van der Waals surface area (Å²) in [7, 11) is 0. The molecule has 1 aromatic carbocycles. The number of carbonyl (C=O) groups excluding carboxylic acids is 1. The number of benzene rings is 1. The Balaban J connectivity index is 1.36. The van der Waals surface area contributed by atoms with E-state index in [1.165, 1.54) is 17.4 Å². The number of furan rings is 1. The van der Waals surface area contributed by atoms with Gasteiger partial charge in [0.15, 0.2) is 11.5 Å². The van der Waals surface area contributed by atoms with Crippen molar-refractivity contribution in [3.05, 3.63) is 65.5 Å². The Morgan fingerprint density at radius 3 is 2.88 bits per heavy atom. The summed E-state index contributed by atoms with van der Waals surface area (Å²) in [5, 5.41) is 6.62. The predicted octanol–water partition coefficient (Wildman–Crippen LogP) is 2.81. The molecule has 0 saturated heterocycles. The molecule has 3 heterocycles. The van der Waals surface area contributed by atoms with Gasteiger partial charge in [0.05, 0.1) is 19.0 Å². The van der Waals surface area contributed by atoms with E-state index in [0.717, 1.165) is 6.42 Å². The van der Waals surface area contributed by atoms with Gasteiger partial charge in [0.25, 0.3) is 5.91 Å². The number of aromatic nitrogens is 1. The summed E-state index contributed by atoms with van der Waals surface area (Å²) >= 11 is 0. The van der Waals surface area contributed by atoms with Crippen molar-refractivity contribution in [2.45, 2.75) is 19.1 Å². The van der Waals surface area contributed by atoms with Crippen LogP contribution >= 0.6 is 0 Å². The molecular weight excluding hydrogens is 308 g/mol. The van der Waals surface area contributed by atoms with Crippen LogP contribution in [0.25, 0.3) is 11.5 Å². The molecule has 1 atom stereocenters. The Kier molecular flexibility index (Phi) is 3.88. The van der Waals surface area contributed by atoms with Crippen LogP contribution in [0.5, 0.6) is 0 Å². The number of ether oxygens (including phenoxy) is 1. The van der Waals surface area contributed by atoms with Crippen molar-refractivity contribution in [3.8, 4) is 11.5 Å². The van der Waals surface area contributed by atoms with Crippen LogP contribution < -0.4 is 5.32 Å². The number of carbonyl (C=O) groups is 1. The molecule has 1 N–H and O–H groups in total. The van der Waals surface area contributed by atoms with E-state index in [0.29, 0.717) is 24.7 Å². The van der Waals surface area contributed by atoms with E-state index in [-0.39, 0.29) is 17.7 Å². The lowest BCUT2D eigenvalue weighted by Gasteiger charge is -2.25. The zero-order valence-corrected chi connectivity index (χ0v) is 12.9. The highest BCUT2D eigenvalue weighted by Gasteiger charge is 2.21. The quantitative estimate of drug-likeness (QED) is 0.798. The topological polar surface area (TPSA) is 77.5 Å². The number of hydrogen-bond acceptors (Lipinski definition) is 5. The Hall–Kier alpha value is -2.86. The Bertz CT molecular complexity index is 838. The van der Waals surface area contributed by atoms with Crippen LogP contribution in [0.2, 0.25) is 0 Å². The molecule has 4 rings (SSSR count). The van der Waals surface area contributed by atoms with Gasteiger partial charge in [-0.1, -0.05) is 29.4 Å². The fraction of sp³-hybridized carbons (Fsp3) is 0.222. The molecule has 0 radical (unpaired) electrons. The first kappa shape index (κ1) is 14.7. The normalized spacial score (nSPS) is 16.6. The van der Waals surface area contributed by atoms with E-state index in [4.69, 9.17) is 13.7 Å². The zero-order valence-electron chi connectivity index (χ0n) is 12.9. The molecule has 1 aliphatic heterocycles. The molecular formula is C18H16N2O4. The Labute approximate surface area is 138 Å². The molecule has 24 heavy (non-hydrogen) atoms. The van der Waals surface area contributed by atoms with Crippen molar-refractivity contribution in [2.75, 3.05) is 6.54 Å². The van der Waals surface area contributed by atoms with E-state index in [1.54, 1.807) is 18.2 Å². The van der Waals surface area contributed by atoms with Crippen molar-refractivity contribution < 1.29 is 18.5 Å². The van der Waals surface area contributed by atoms with Gasteiger partial charge >= 0.3 is 0 Å². The molecule has 6 nitrogen and oxygen atoms in total. The van der Waals surface area contributed by atoms with Crippen molar-refractivity contribution in [1.82, 2.24) is 10.5 Å². The number of fused-ring (bicyclic) bond motifs is 1. The van der Waals surface area contributed by atoms with Crippen LogP contribution in [0.1, 0.15) is 21.6 Å². The highest BCUT2D eigenvalue weighted by atomic mass is 16.5. The van der Waals surface area contributed by atoms with Gasteiger partial charge in [-0.25, -0.2) is 0 Å². The molecule has 0 spiro atoms. The molecule has 1 unspecified atom stereocenters. The second-order valence-electron chi connectivity index (χ2n) is 5.67. The van der Waals surface area contributed by atoms with Gasteiger partial charge in [0.2, 0.25) is 5.76 Å². The number of amides is 1. The number of hydrogen-bond donors (Lipinski definition) is 1. The minimum Gasteiger partial charge on any atom is -0.461 e. The summed E-state index contributed by atoms with van der Waals surface area (Å²) in [6.45, 7) is 0.999. The monoisotopic (exact) mass is 324 g/mol. The average Bonchev–Trinajstić information content (AvgIpc) is 3.30. The first-order valence-corrected chi connectivity index (χ1v) is 7.77. The maximum Gasteiger partial charge on any atom is 0.273 e. The highest BCUT2D eigenvalue weighted by Crippen LogP contribution is 2.21. The van der Waals surface area contributed by atoms with Gasteiger partial charge in [0, 0.05) is 19.0 Å². The minimum atomic E-state index is -0.293. The standard InChI is InChI=1S/C18H16N2O4/c21-18(15-9-17(24-20-15)16-6-3-7-22-16)19-10-14-8-12-4-1-2-5-13(12)11-23-14/h1-7,9,14H,8,10-11H2,(H,19,21). The Morgan fingerprint density at radius 2 is 2.04 bits per heavy atom. The third-order valence-corrected chi connectivity index (χ3v) is 4.04. The van der Waals surface area contributed by atoms with Crippen molar-refractivity contribution >= 4 is 5.91 Å². The molecule has 0 fully saturated rings. The zero-order chi connectivity index (χ0) is 16.4. The predicted molar refractivity (Wildman–Crippen MR) is 85.3 cm³/mol. The van der Waals surface area contributed by atoms with Crippen LogP contribution in [-0.4, -0.2) is 23.7 Å². The first-order chi connectivity index (χ1) is 11.8.